The van der Waals surface area contributed by atoms with Gasteiger partial charge in [0.05, 0.1) is 0 Å². The summed E-state index contributed by atoms with van der Waals surface area (Å²) in [5.41, 5.74) is 6.07. The molecule has 0 aliphatic carbocycles. The zero-order chi connectivity index (χ0) is 18.4. The van der Waals surface area contributed by atoms with Crippen LogP contribution in [0.25, 0.3) is 0 Å². The number of ether oxygens (including phenoxy) is 1. The molecule has 0 aliphatic rings. The maximum atomic E-state index is 12.1. The summed E-state index contributed by atoms with van der Waals surface area (Å²) >= 11 is 0. The Balaban J connectivity index is 2.52. The lowest BCUT2D eigenvalue weighted by atomic mass is 9.90. The molecule has 1 aromatic carbocycles. The molecule has 0 fully saturated rings. The Morgan fingerprint density at radius 3 is 2.29 bits per heavy atom. The summed E-state index contributed by atoms with van der Waals surface area (Å²) in [5, 5.41) is 2.95. The number of aryl methyl sites for hydroxylation is 1. The van der Waals surface area contributed by atoms with E-state index >= 15 is 0 Å². The van der Waals surface area contributed by atoms with Crippen LogP contribution in [0.15, 0.2) is 24.3 Å². The molecule has 0 radical (unpaired) electrons. The monoisotopic (exact) mass is 346 g/mol. The highest BCUT2D eigenvalue weighted by Gasteiger charge is 2.31. The molecule has 24 heavy (non-hydrogen) atoms. The normalized spacial score (nSPS) is 14.3. The highest BCUT2D eigenvalue weighted by Crippen LogP contribution is 2.23. The number of halogens is 3. The summed E-state index contributed by atoms with van der Waals surface area (Å²) < 4.78 is 40.1. The fraction of sp³-hybridized carbons (Fsp3) is 0.588. The molecule has 136 valence electrons. The van der Waals surface area contributed by atoms with Crippen molar-refractivity contribution in [2.24, 2.45) is 11.7 Å². The van der Waals surface area contributed by atoms with E-state index < -0.39 is 11.9 Å². The van der Waals surface area contributed by atoms with Crippen molar-refractivity contribution in [1.29, 1.82) is 0 Å². The molecule has 0 heterocycles. The first-order valence-electron chi connectivity index (χ1n) is 7.89. The number of hydrogen-bond acceptors (Lipinski definition) is 3. The van der Waals surface area contributed by atoms with E-state index in [1.54, 1.807) is 0 Å². The predicted octanol–water partition coefficient (Wildman–Crippen LogP) is 3.40. The largest absolute Gasteiger partial charge is 0.573 e. The van der Waals surface area contributed by atoms with E-state index in [4.69, 9.17) is 5.73 Å². The van der Waals surface area contributed by atoms with Gasteiger partial charge < -0.3 is 15.8 Å². The molecule has 1 aromatic rings. The number of benzene rings is 1. The number of nitrogens with one attached hydrogen (secondary N) is 1. The van der Waals surface area contributed by atoms with E-state index in [1.807, 2.05) is 6.92 Å². The van der Waals surface area contributed by atoms with E-state index in [1.165, 1.54) is 24.3 Å². The van der Waals surface area contributed by atoms with Gasteiger partial charge in [0.25, 0.3) is 0 Å². The molecule has 0 aromatic heterocycles. The third-order valence-electron chi connectivity index (χ3n) is 3.55. The van der Waals surface area contributed by atoms with Gasteiger partial charge in [-0.05, 0) is 43.4 Å². The number of alkyl halides is 3. The van der Waals surface area contributed by atoms with Gasteiger partial charge in [-0.2, -0.15) is 0 Å². The van der Waals surface area contributed by atoms with Gasteiger partial charge in [-0.25, -0.2) is 0 Å². The van der Waals surface area contributed by atoms with E-state index in [0.29, 0.717) is 18.9 Å². The SMILES string of the molecule is CC(C)CC(C)(CN)NC(=O)CCc1ccc(OC(F)(F)F)cc1. The third kappa shape index (κ3) is 7.68. The summed E-state index contributed by atoms with van der Waals surface area (Å²) in [7, 11) is 0. The van der Waals surface area contributed by atoms with Crippen molar-refractivity contribution in [3.8, 4) is 5.75 Å². The Morgan fingerprint density at radius 2 is 1.83 bits per heavy atom. The van der Waals surface area contributed by atoms with Crippen molar-refractivity contribution in [3.63, 3.8) is 0 Å². The molecule has 1 atom stereocenters. The minimum absolute atomic E-state index is 0.126. The summed E-state index contributed by atoms with van der Waals surface area (Å²) in [6.45, 7) is 6.38. The quantitative estimate of drug-likeness (QED) is 0.758. The molecular formula is C17H25F3N2O2. The van der Waals surface area contributed by atoms with Gasteiger partial charge >= 0.3 is 6.36 Å². The molecular weight excluding hydrogens is 321 g/mol. The zero-order valence-corrected chi connectivity index (χ0v) is 14.2. The minimum Gasteiger partial charge on any atom is -0.406 e. The van der Waals surface area contributed by atoms with Crippen molar-refractivity contribution in [1.82, 2.24) is 5.32 Å². The number of amides is 1. The first kappa shape index (κ1) is 20.3. The smallest absolute Gasteiger partial charge is 0.406 e. The van der Waals surface area contributed by atoms with Crippen LogP contribution in [-0.2, 0) is 11.2 Å². The van der Waals surface area contributed by atoms with Crippen LogP contribution in [0, 0.1) is 5.92 Å². The molecule has 0 bridgehead atoms. The van der Waals surface area contributed by atoms with E-state index in [2.05, 4.69) is 23.9 Å². The summed E-state index contributed by atoms with van der Waals surface area (Å²) in [5.74, 6) is 0.00240. The summed E-state index contributed by atoms with van der Waals surface area (Å²) in [6.07, 6.45) is -3.25. The lowest BCUT2D eigenvalue weighted by molar-refractivity contribution is -0.274. The second kappa shape index (κ2) is 8.37. The van der Waals surface area contributed by atoms with Crippen molar-refractivity contribution in [3.05, 3.63) is 29.8 Å². The molecule has 7 heteroatoms. The Labute approximate surface area is 140 Å². The van der Waals surface area contributed by atoms with Crippen LogP contribution in [0.4, 0.5) is 13.2 Å². The number of carbonyl (C=O) groups excluding carboxylic acids is 1. The van der Waals surface area contributed by atoms with Gasteiger partial charge in [0.2, 0.25) is 5.91 Å². The zero-order valence-electron chi connectivity index (χ0n) is 14.2. The fourth-order valence-electron chi connectivity index (χ4n) is 2.60. The van der Waals surface area contributed by atoms with E-state index in [0.717, 1.165) is 12.0 Å². The first-order valence-corrected chi connectivity index (χ1v) is 7.89. The van der Waals surface area contributed by atoms with Crippen LogP contribution in [-0.4, -0.2) is 24.4 Å². The molecule has 4 nitrogen and oxygen atoms in total. The topological polar surface area (TPSA) is 64.3 Å². The minimum atomic E-state index is -4.70. The van der Waals surface area contributed by atoms with Gasteiger partial charge in [0.1, 0.15) is 5.75 Å². The van der Waals surface area contributed by atoms with Crippen molar-refractivity contribution in [2.45, 2.75) is 51.9 Å². The predicted molar refractivity (Wildman–Crippen MR) is 86.5 cm³/mol. The average molecular weight is 346 g/mol. The van der Waals surface area contributed by atoms with Crippen LogP contribution in [0.3, 0.4) is 0 Å². The summed E-state index contributed by atoms with van der Waals surface area (Å²) in [6, 6.07) is 5.52. The van der Waals surface area contributed by atoms with Gasteiger partial charge in [-0.15, -0.1) is 13.2 Å². The highest BCUT2D eigenvalue weighted by molar-refractivity contribution is 5.77. The first-order chi connectivity index (χ1) is 11.0. The molecule has 0 saturated carbocycles. The second-order valence-corrected chi connectivity index (χ2v) is 6.60. The lowest BCUT2D eigenvalue weighted by Gasteiger charge is -2.31. The Morgan fingerprint density at radius 1 is 1.25 bits per heavy atom. The van der Waals surface area contributed by atoms with Crippen LogP contribution in [0.2, 0.25) is 0 Å². The van der Waals surface area contributed by atoms with Crippen molar-refractivity contribution in [2.75, 3.05) is 6.54 Å². The Hall–Kier alpha value is -1.76. The molecule has 3 N–H and O–H groups in total. The molecule has 1 unspecified atom stereocenters. The highest BCUT2D eigenvalue weighted by atomic mass is 19.4. The van der Waals surface area contributed by atoms with Gasteiger partial charge in [-0.1, -0.05) is 26.0 Å². The number of nitrogens with two attached hydrogens (primary N) is 1. The number of rotatable bonds is 8. The molecule has 0 aliphatic heterocycles. The van der Waals surface area contributed by atoms with Gasteiger partial charge in [-0.3, -0.25) is 4.79 Å². The molecule has 1 rings (SSSR count). The van der Waals surface area contributed by atoms with Crippen LogP contribution in [0.5, 0.6) is 5.75 Å². The lowest BCUT2D eigenvalue weighted by Crippen LogP contribution is -2.52. The van der Waals surface area contributed by atoms with E-state index in [9.17, 15) is 18.0 Å². The average Bonchev–Trinajstić information content (AvgIpc) is 2.44. The molecule has 0 spiro atoms. The van der Waals surface area contributed by atoms with Crippen LogP contribution in [0.1, 0.15) is 39.2 Å². The molecule has 0 saturated heterocycles. The fourth-order valence-corrected chi connectivity index (χ4v) is 2.60. The molecule has 1 amide bonds. The number of carbonyl (C=O) groups is 1. The van der Waals surface area contributed by atoms with Crippen molar-refractivity contribution < 1.29 is 22.7 Å². The third-order valence-corrected chi connectivity index (χ3v) is 3.55. The van der Waals surface area contributed by atoms with Crippen molar-refractivity contribution >= 4 is 5.91 Å². The van der Waals surface area contributed by atoms with Crippen LogP contribution >= 0.6 is 0 Å². The Bertz CT molecular complexity index is 530. The summed E-state index contributed by atoms with van der Waals surface area (Å²) in [4.78, 5) is 12.1. The van der Waals surface area contributed by atoms with Crippen LogP contribution < -0.4 is 15.8 Å². The number of hydrogen-bond donors (Lipinski definition) is 2. The second-order valence-electron chi connectivity index (χ2n) is 6.60. The van der Waals surface area contributed by atoms with Gasteiger partial charge in [0.15, 0.2) is 0 Å². The maximum absolute atomic E-state index is 12.1. The van der Waals surface area contributed by atoms with E-state index in [-0.39, 0.29) is 18.1 Å². The van der Waals surface area contributed by atoms with Gasteiger partial charge in [0, 0.05) is 18.5 Å². The Kier molecular flexibility index (Phi) is 7.08. The maximum Gasteiger partial charge on any atom is 0.573 e. The standard InChI is InChI=1S/C17H25F3N2O2/c1-12(2)10-16(3,11-21)22-15(23)9-6-13-4-7-14(8-5-13)24-17(18,19)20/h4-5,7-8,12H,6,9-11,21H2,1-3H3,(H,22,23).